The number of aromatic nitrogens is 2. The van der Waals surface area contributed by atoms with Crippen LogP contribution in [-0.2, 0) is 5.54 Å². The molecular weight excluding hydrogens is 186 g/mol. The van der Waals surface area contributed by atoms with Gasteiger partial charge in [0.05, 0.1) is 5.54 Å². The molecule has 0 aliphatic heterocycles. The van der Waals surface area contributed by atoms with Gasteiger partial charge in [0.2, 0.25) is 0 Å². The molecule has 0 aromatic carbocycles. The normalized spacial score (nSPS) is 22.6. The van der Waals surface area contributed by atoms with Crippen LogP contribution < -0.4 is 5.73 Å². The van der Waals surface area contributed by atoms with Crippen molar-refractivity contribution in [3.05, 3.63) is 17.7 Å². The maximum Gasteiger partial charge on any atom is 0.126 e. The molecule has 3 heteroatoms. The monoisotopic (exact) mass is 207 g/mol. The summed E-state index contributed by atoms with van der Waals surface area (Å²) in [5.74, 6) is 1.53. The lowest BCUT2D eigenvalue weighted by atomic mass is 9.76. The first-order chi connectivity index (χ1) is 7.10. The van der Waals surface area contributed by atoms with E-state index in [-0.39, 0.29) is 5.54 Å². The summed E-state index contributed by atoms with van der Waals surface area (Å²) in [5, 5.41) is 0. The smallest absolute Gasteiger partial charge is 0.126 e. The van der Waals surface area contributed by atoms with Crippen molar-refractivity contribution >= 4 is 0 Å². The van der Waals surface area contributed by atoms with Crippen molar-refractivity contribution in [3.63, 3.8) is 0 Å². The van der Waals surface area contributed by atoms with E-state index in [0.29, 0.717) is 5.92 Å². The van der Waals surface area contributed by atoms with E-state index in [2.05, 4.69) is 16.9 Å². The lowest BCUT2D eigenvalue weighted by Crippen LogP contribution is -2.43. The van der Waals surface area contributed by atoms with Gasteiger partial charge in [-0.1, -0.05) is 19.3 Å². The minimum absolute atomic E-state index is 0.283. The summed E-state index contributed by atoms with van der Waals surface area (Å²) in [6.45, 7) is 4.13. The molecule has 15 heavy (non-hydrogen) atoms. The number of nitrogens with two attached hydrogens (primary N) is 1. The molecule has 1 unspecified atom stereocenters. The van der Waals surface area contributed by atoms with Gasteiger partial charge in [-0.2, -0.15) is 0 Å². The van der Waals surface area contributed by atoms with Crippen molar-refractivity contribution in [3.8, 4) is 0 Å². The van der Waals surface area contributed by atoms with Gasteiger partial charge in [-0.25, -0.2) is 4.98 Å². The molecule has 1 saturated carbocycles. The summed E-state index contributed by atoms with van der Waals surface area (Å²) < 4.78 is 0. The molecule has 1 aromatic heterocycles. The van der Waals surface area contributed by atoms with Crippen LogP contribution in [0.1, 0.15) is 50.5 Å². The summed E-state index contributed by atoms with van der Waals surface area (Å²) in [7, 11) is 0. The van der Waals surface area contributed by atoms with Gasteiger partial charge in [0.25, 0.3) is 0 Å². The average Bonchev–Trinajstić information content (AvgIpc) is 2.67. The third kappa shape index (κ3) is 2.07. The molecule has 0 amide bonds. The second-order valence-electron chi connectivity index (χ2n) is 5.03. The van der Waals surface area contributed by atoms with Crippen molar-refractivity contribution in [2.75, 3.05) is 0 Å². The van der Waals surface area contributed by atoms with Gasteiger partial charge in [0.1, 0.15) is 5.82 Å². The highest BCUT2D eigenvalue weighted by molar-refractivity contribution is 5.10. The Morgan fingerprint density at radius 2 is 2.07 bits per heavy atom. The van der Waals surface area contributed by atoms with E-state index in [1.54, 1.807) is 0 Å². The van der Waals surface area contributed by atoms with Crippen molar-refractivity contribution < 1.29 is 0 Å². The second kappa shape index (κ2) is 3.97. The summed E-state index contributed by atoms with van der Waals surface area (Å²) in [6.07, 6.45) is 8.35. The van der Waals surface area contributed by atoms with Crippen LogP contribution in [0.2, 0.25) is 0 Å². The predicted octanol–water partition coefficient (Wildman–Crippen LogP) is 2.47. The zero-order valence-electron chi connectivity index (χ0n) is 9.71. The Morgan fingerprint density at radius 1 is 1.40 bits per heavy atom. The van der Waals surface area contributed by atoms with Crippen LogP contribution in [-0.4, -0.2) is 9.97 Å². The standard InChI is InChI=1S/C12H21N3/c1-9-8-14-11(15-9)12(2,13)10-6-4-3-5-7-10/h8,10H,3-7,13H2,1-2H3,(H,14,15). The molecule has 1 heterocycles. The molecule has 0 bridgehead atoms. The first kappa shape index (κ1) is 10.7. The van der Waals surface area contributed by atoms with Crippen LogP contribution in [0.15, 0.2) is 6.20 Å². The van der Waals surface area contributed by atoms with Crippen molar-refractivity contribution in [2.45, 2.75) is 51.5 Å². The number of hydrogen-bond acceptors (Lipinski definition) is 2. The number of nitrogens with one attached hydrogen (secondary N) is 1. The highest BCUT2D eigenvalue weighted by Gasteiger charge is 2.34. The third-order valence-corrected chi connectivity index (χ3v) is 3.67. The number of aromatic amines is 1. The van der Waals surface area contributed by atoms with E-state index < -0.39 is 0 Å². The van der Waals surface area contributed by atoms with Crippen molar-refractivity contribution in [1.82, 2.24) is 9.97 Å². The zero-order chi connectivity index (χ0) is 10.9. The van der Waals surface area contributed by atoms with Gasteiger partial charge in [-0.3, -0.25) is 0 Å². The number of nitrogens with zero attached hydrogens (tertiary/aromatic N) is 1. The largest absolute Gasteiger partial charge is 0.345 e. The lowest BCUT2D eigenvalue weighted by molar-refractivity contribution is 0.215. The molecule has 0 spiro atoms. The van der Waals surface area contributed by atoms with Gasteiger partial charge in [-0.15, -0.1) is 0 Å². The number of hydrogen-bond donors (Lipinski definition) is 2. The first-order valence-corrected chi connectivity index (χ1v) is 5.91. The minimum Gasteiger partial charge on any atom is -0.345 e. The van der Waals surface area contributed by atoms with Gasteiger partial charge in [0.15, 0.2) is 0 Å². The van der Waals surface area contributed by atoms with Crippen molar-refractivity contribution in [2.24, 2.45) is 11.7 Å². The Kier molecular flexibility index (Phi) is 2.83. The summed E-state index contributed by atoms with van der Waals surface area (Å²) in [6, 6.07) is 0. The van der Waals surface area contributed by atoms with Crippen LogP contribution in [0, 0.1) is 12.8 Å². The molecule has 0 radical (unpaired) electrons. The fourth-order valence-electron chi connectivity index (χ4n) is 2.58. The van der Waals surface area contributed by atoms with E-state index in [1.165, 1.54) is 32.1 Å². The van der Waals surface area contributed by atoms with Crippen LogP contribution in [0.25, 0.3) is 0 Å². The van der Waals surface area contributed by atoms with E-state index >= 15 is 0 Å². The Bertz CT molecular complexity index is 321. The summed E-state index contributed by atoms with van der Waals surface area (Å²) >= 11 is 0. The summed E-state index contributed by atoms with van der Waals surface area (Å²) in [5.41, 5.74) is 7.24. The molecular formula is C12H21N3. The number of rotatable bonds is 2. The molecule has 2 rings (SSSR count). The predicted molar refractivity (Wildman–Crippen MR) is 61.4 cm³/mol. The maximum atomic E-state index is 6.43. The van der Waals surface area contributed by atoms with Crippen LogP contribution in [0.4, 0.5) is 0 Å². The Labute approximate surface area is 91.5 Å². The molecule has 3 N–H and O–H groups in total. The van der Waals surface area contributed by atoms with Crippen LogP contribution in [0.5, 0.6) is 0 Å². The van der Waals surface area contributed by atoms with E-state index in [0.717, 1.165) is 11.5 Å². The van der Waals surface area contributed by atoms with Gasteiger partial charge in [-0.05, 0) is 32.6 Å². The lowest BCUT2D eigenvalue weighted by Gasteiger charge is -2.35. The van der Waals surface area contributed by atoms with E-state index in [9.17, 15) is 0 Å². The Morgan fingerprint density at radius 3 is 2.60 bits per heavy atom. The molecule has 1 fully saturated rings. The van der Waals surface area contributed by atoms with Gasteiger partial charge < -0.3 is 10.7 Å². The van der Waals surface area contributed by atoms with Crippen molar-refractivity contribution in [1.29, 1.82) is 0 Å². The zero-order valence-corrected chi connectivity index (χ0v) is 9.71. The van der Waals surface area contributed by atoms with E-state index in [1.807, 2.05) is 13.1 Å². The number of aryl methyl sites for hydroxylation is 1. The quantitative estimate of drug-likeness (QED) is 0.782. The Balaban J connectivity index is 2.17. The molecule has 3 nitrogen and oxygen atoms in total. The van der Waals surface area contributed by atoms with Gasteiger partial charge in [0, 0.05) is 11.9 Å². The average molecular weight is 207 g/mol. The Hall–Kier alpha value is -0.830. The topological polar surface area (TPSA) is 54.7 Å². The second-order valence-corrected chi connectivity index (χ2v) is 5.03. The molecule has 1 aromatic rings. The fraction of sp³-hybridized carbons (Fsp3) is 0.750. The first-order valence-electron chi connectivity index (χ1n) is 5.91. The molecule has 0 saturated heterocycles. The van der Waals surface area contributed by atoms with Crippen LogP contribution in [0.3, 0.4) is 0 Å². The third-order valence-electron chi connectivity index (χ3n) is 3.67. The molecule has 1 atom stereocenters. The van der Waals surface area contributed by atoms with Gasteiger partial charge >= 0.3 is 0 Å². The molecule has 1 aliphatic rings. The summed E-state index contributed by atoms with van der Waals surface area (Å²) in [4.78, 5) is 7.66. The minimum atomic E-state index is -0.283. The highest BCUT2D eigenvalue weighted by atomic mass is 15.0. The SMILES string of the molecule is Cc1cnc(C(C)(N)C2CCCCC2)[nH]1. The molecule has 84 valence electrons. The number of imidazole rings is 1. The maximum absolute atomic E-state index is 6.43. The fourth-order valence-corrected chi connectivity index (χ4v) is 2.58. The van der Waals surface area contributed by atoms with E-state index in [4.69, 9.17) is 5.73 Å². The van der Waals surface area contributed by atoms with Crippen LogP contribution >= 0.6 is 0 Å². The highest BCUT2D eigenvalue weighted by Crippen LogP contribution is 2.35. The number of H-pyrrole nitrogens is 1. The molecule has 1 aliphatic carbocycles.